The molecule has 0 aliphatic heterocycles. The smallest absolute Gasteiger partial charge is 0.311 e. The molecule has 0 saturated heterocycles. The predicted molar refractivity (Wildman–Crippen MR) is 100 cm³/mol. The lowest BCUT2D eigenvalue weighted by atomic mass is 10.5. The quantitative estimate of drug-likeness (QED) is 0.407. The molecular weight excluding hydrogens is 284 g/mol. The van der Waals surface area contributed by atoms with E-state index in [0.29, 0.717) is 0 Å². The van der Waals surface area contributed by atoms with Gasteiger partial charge in [-0.15, -0.1) is 6.58 Å². The second kappa shape index (κ2) is 10.1. The molecule has 0 aliphatic rings. The van der Waals surface area contributed by atoms with Crippen molar-refractivity contribution in [1.29, 1.82) is 0 Å². The second-order valence-electron chi connectivity index (χ2n) is 6.30. The van der Waals surface area contributed by atoms with Crippen LogP contribution in [0.25, 0.3) is 0 Å². The van der Waals surface area contributed by atoms with Gasteiger partial charge in [-0.05, 0) is 58.3 Å². The molecule has 0 aromatic carbocycles. The van der Waals surface area contributed by atoms with Gasteiger partial charge in [0.25, 0.3) is 0 Å². The van der Waals surface area contributed by atoms with Crippen LogP contribution < -0.4 is 0 Å². The highest BCUT2D eigenvalue weighted by atomic mass is 28.5. The fourth-order valence-corrected chi connectivity index (χ4v) is 15.0. The van der Waals surface area contributed by atoms with E-state index in [9.17, 15) is 0 Å². The maximum Gasteiger partial charge on any atom is 0.311 e. The van der Waals surface area contributed by atoms with Gasteiger partial charge in [0, 0.05) is 0 Å². The van der Waals surface area contributed by atoms with Crippen LogP contribution in [0.1, 0.15) is 28.7 Å². The Morgan fingerprint density at radius 1 is 0.842 bits per heavy atom. The van der Waals surface area contributed by atoms with Crippen molar-refractivity contribution in [1.82, 2.24) is 0 Å². The predicted octanol–water partition coefficient (Wildman–Crippen LogP) is 6.25. The van der Waals surface area contributed by atoms with Crippen LogP contribution in [-0.2, 0) is 8.23 Å². The number of allylic oxidation sites excluding steroid dienone is 1. The van der Waals surface area contributed by atoms with Gasteiger partial charge in [-0.25, -0.2) is 0 Å². The van der Waals surface area contributed by atoms with Crippen molar-refractivity contribution in [3.05, 3.63) is 12.7 Å². The molecule has 0 spiro atoms. The lowest BCUT2D eigenvalue weighted by molar-refractivity contribution is 0.392. The summed E-state index contributed by atoms with van der Waals surface area (Å²) >= 11 is 0. The van der Waals surface area contributed by atoms with Crippen molar-refractivity contribution in [2.45, 2.75) is 80.6 Å². The Morgan fingerprint density at radius 2 is 1.26 bits per heavy atom. The summed E-state index contributed by atoms with van der Waals surface area (Å²) in [4.78, 5) is 0. The third-order valence-electron chi connectivity index (χ3n) is 2.02. The molecule has 0 N–H and O–H groups in total. The maximum atomic E-state index is 6.35. The molecule has 0 heterocycles. The number of rotatable bonds is 7. The molecule has 19 heavy (non-hydrogen) atoms. The van der Waals surface area contributed by atoms with Crippen LogP contribution in [0.2, 0.25) is 51.9 Å². The molecule has 0 atom stereocenters. The Morgan fingerprint density at radius 3 is 1.58 bits per heavy atom. The third-order valence-corrected chi connectivity index (χ3v) is 12.1. The average molecular weight is 325 g/mol. The van der Waals surface area contributed by atoms with Crippen molar-refractivity contribution < 1.29 is 8.23 Å². The summed E-state index contributed by atoms with van der Waals surface area (Å²) in [5.74, 6) is 0. The minimum atomic E-state index is -1.93. The summed E-state index contributed by atoms with van der Waals surface area (Å²) in [5.41, 5.74) is 0. The van der Waals surface area contributed by atoms with E-state index in [1.54, 1.807) is 0 Å². The van der Waals surface area contributed by atoms with Crippen molar-refractivity contribution >= 4 is 25.2 Å². The van der Waals surface area contributed by atoms with Gasteiger partial charge >= 0.3 is 8.56 Å². The SMILES string of the molecule is C.C.C.C=CCC[Si](C)(C)O[Si](C)(C)O[Si](C)(C)C. The minimum absolute atomic E-state index is 0. The fraction of sp³-hybridized carbons (Fsp3) is 0.857. The summed E-state index contributed by atoms with van der Waals surface area (Å²) in [6.07, 6.45) is 3.03. The van der Waals surface area contributed by atoms with Crippen LogP contribution >= 0.6 is 0 Å². The fourth-order valence-electron chi connectivity index (χ4n) is 1.92. The van der Waals surface area contributed by atoms with Crippen molar-refractivity contribution in [3.63, 3.8) is 0 Å². The van der Waals surface area contributed by atoms with Crippen molar-refractivity contribution in [2.75, 3.05) is 0 Å². The highest BCUT2D eigenvalue weighted by Crippen LogP contribution is 2.23. The Balaban J connectivity index is -0.000000375. The van der Waals surface area contributed by atoms with Gasteiger partial charge < -0.3 is 8.23 Å². The Bertz CT molecular complexity index is 233. The number of hydrogen-bond acceptors (Lipinski definition) is 2. The van der Waals surface area contributed by atoms with Crippen LogP contribution in [0.5, 0.6) is 0 Å². The normalized spacial score (nSPS) is 11.7. The molecule has 2 nitrogen and oxygen atoms in total. The largest absolute Gasteiger partial charge is 0.437 e. The molecule has 0 saturated carbocycles. The first-order chi connectivity index (χ1) is 6.97. The lowest BCUT2D eigenvalue weighted by Gasteiger charge is -2.37. The molecule has 0 aromatic heterocycles. The molecule has 120 valence electrons. The lowest BCUT2D eigenvalue weighted by Crippen LogP contribution is -2.51. The zero-order valence-electron chi connectivity index (χ0n) is 12.0. The molecule has 0 rings (SSSR count). The van der Waals surface area contributed by atoms with Crippen LogP contribution in [0.4, 0.5) is 0 Å². The van der Waals surface area contributed by atoms with Gasteiger partial charge in [0.05, 0.1) is 0 Å². The second-order valence-corrected chi connectivity index (χ2v) is 19.0. The molecule has 0 unspecified atom stereocenters. The van der Waals surface area contributed by atoms with Gasteiger partial charge in [-0.3, -0.25) is 0 Å². The van der Waals surface area contributed by atoms with E-state index in [4.69, 9.17) is 8.23 Å². The van der Waals surface area contributed by atoms with Crippen LogP contribution in [0, 0.1) is 0 Å². The molecule has 0 amide bonds. The highest BCUT2D eigenvalue weighted by Gasteiger charge is 2.37. The first-order valence-electron chi connectivity index (χ1n) is 5.99. The zero-order chi connectivity index (χ0) is 13.0. The minimum Gasteiger partial charge on any atom is -0.437 e. The number of hydrogen-bond donors (Lipinski definition) is 0. The summed E-state index contributed by atoms with van der Waals surface area (Å²) in [6.45, 7) is 19.4. The Kier molecular flexibility index (Phi) is 14.7. The Labute approximate surface area is 127 Å². The molecular formula is C14H40O2Si3. The van der Waals surface area contributed by atoms with Gasteiger partial charge in [-0.1, -0.05) is 28.4 Å². The third kappa shape index (κ3) is 16.3. The summed E-state index contributed by atoms with van der Waals surface area (Å²) < 4.78 is 12.6. The molecule has 0 aliphatic carbocycles. The van der Waals surface area contributed by atoms with Gasteiger partial charge in [0.1, 0.15) is 0 Å². The van der Waals surface area contributed by atoms with Crippen LogP contribution in [0.3, 0.4) is 0 Å². The van der Waals surface area contributed by atoms with E-state index in [-0.39, 0.29) is 22.3 Å². The molecule has 0 aromatic rings. The first kappa shape index (κ1) is 27.6. The van der Waals surface area contributed by atoms with E-state index in [1.807, 2.05) is 6.08 Å². The average Bonchev–Trinajstić information content (AvgIpc) is 1.93. The van der Waals surface area contributed by atoms with E-state index in [0.717, 1.165) is 12.5 Å². The highest BCUT2D eigenvalue weighted by molar-refractivity contribution is 6.87. The van der Waals surface area contributed by atoms with E-state index >= 15 is 0 Å². The van der Waals surface area contributed by atoms with E-state index in [2.05, 4.69) is 52.4 Å². The zero-order valence-corrected chi connectivity index (χ0v) is 15.0. The monoisotopic (exact) mass is 324 g/mol. The molecule has 0 radical (unpaired) electrons. The van der Waals surface area contributed by atoms with Gasteiger partial charge in [0.2, 0.25) is 0 Å². The maximum absolute atomic E-state index is 6.35. The van der Waals surface area contributed by atoms with E-state index in [1.165, 1.54) is 0 Å². The van der Waals surface area contributed by atoms with Crippen LogP contribution in [0.15, 0.2) is 12.7 Å². The van der Waals surface area contributed by atoms with Crippen LogP contribution in [-0.4, -0.2) is 25.2 Å². The summed E-state index contributed by atoms with van der Waals surface area (Å²) in [5, 5.41) is 0. The molecule has 0 bridgehead atoms. The topological polar surface area (TPSA) is 18.5 Å². The van der Waals surface area contributed by atoms with Gasteiger partial charge in [-0.2, -0.15) is 0 Å². The molecule has 0 fully saturated rings. The molecule has 5 heteroatoms. The van der Waals surface area contributed by atoms with Crippen molar-refractivity contribution in [2.24, 2.45) is 0 Å². The summed E-state index contributed by atoms with van der Waals surface area (Å²) in [7, 11) is -4.99. The first-order valence-corrected chi connectivity index (χ1v) is 15.3. The summed E-state index contributed by atoms with van der Waals surface area (Å²) in [6, 6.07) is 1.14. The van der Waals surface area contributed by atoms with E-state index < -0.39 is 25.2 Å². The van der Waals surface area contributed by atoms with Gasteiger partial charge in [0.15, 0.2) is 16.6 Å². The Hall–Kier alpha value is 0.311. The van der Waals surface area contributed by atoms with Crippen molar-refractivity contribution in [3.8, 4) is 0 Å². The standard InChI is InChI=1S/C11H28O2Si3.3CH4/c1-9-10-11-15(5,6)13-16(7,8)12-14(2,3)4;;;/h9H,1,10-11H2,2-8H3;3*1H4.